The number of hydrogen-bond acceptors (Lipinski definition) is 9. The maximum Gasteiger partial charge on any atom is 0.573 e. The molecule has 0 bridgehead atoms. The number of hydrazine groups is 2. The van der Waals surface area contributed by atoms with Crippen LogP contribution in [0, 0.1) is 0 Å². The second-order valence-electron chi connectivity index (χ2n) is 5.71. The summed E-state index contributed by atoms with van der Waals surface area (Å²) in [4.78, 5) is 24.4. The number of rotatable bonds is 4. The van der Waals surface area contributed by atoms with Crippen molar-refractivity contribution in [3.8, 4) is 5.75 Å². The summed E-state index contributed by atoms with van der Waals surface area (Å²) >= 11 is 6.10. The standard InChI is InChI=1S/C14H14ClF3N6O5/c1-24-12(21-22-23-24)20-11(25)7-2-3-8(29-14(16,17)18)10(9(7)15)19-13(26)28-6-4-27-5-6/h2-3,6,22-23H,4-5H2,1H3,(H,19,26)(H,20,21,25). The Labute approximate surface area is 166 Å². The SMILES string of the molecule is CN1NNN=C1NC(=O)c1ccc(OC(F)(F)F)c(NC(=O)OC2COC2)c1Cl. The number of guanidine groups is 1. The largest absolute Gasteiger partial charge is 0.573 e. The Kier molecular flexibility index (Phi) is 5.86. The Hall–Kier alpha value is -2.97. The van der Waals surface area contributed by atoms with Gasteiger partial charge in [0, 0.05) is 7.05 Å². The van der Waals surface area contributed by atoms with Gasteiger partial charge >= 0.3 is 12.5 Å². The molecule has 2 amide bonds. The van der Waals surface area contributed by atoms with Crippen LogP contribution in [0.4, 0.5) is 23.7 Å². The Balaban J connectivity index is 1.85. The lowest BCUT2D eigenvalue weighted by Gasteiger charge is -2.26. The summed E-state index contributed by atoms with van der Waals surface area (Å²) < 4.78 is 51.8. The van der Waals surface area contributed by atoms with E-state index in [1.807, 2.05) is 0 Å². The number of alkyl halides is 3. The molecule has 2 heterocycles. The first-order chi connectivity index (χ1) is 13.6. The average molecular weight is 439 g/mol. The molecule has 1 saturated heterocycles. The monoisotopic (exact) mass is 438 g/mol. The van der Waals surface area contributed by atoms with Crippen molar-refractivity contribution in [3.05, 3.63) is 22.7 Å². The quantitative estimate of drug-likeness (QED) is 0.551. The average Bonchev–Trinajstić information content (AvgIpc) is 2.98. The molecule has 0 unspecified atom stereocenters. The van der Waals surface area contributed by atoms with Gasteiger partial charge in [-0.3, -0.25) is 20.4 Å². The summed E-state index contributed by atoms with van der Waals surface area (Å²) in [5.41, 5.74) is 4.10. The van der Waals surface area contributed by atoms with Gasteiger partial charge in [0.2, 0.25) is 5.96 Å². The highest BCUT2D eigenvalue weighted by Crippen LogP contribution is 2.38. The fraction of sp³-hybridized carbons (Fsp3) is 0.357. The molecule has 11 nitrogen and oxygen atoms in total. The van der Waals surface area contributed by atoms with Gasteiger partial charge in [-0.05, 0) is 12.1 Å². The highest BCUT2D eigenvalue weighted by Gasteiger charge is 2.34. The molecule has 0 spiro atoms. The summed E-state index contributed by atoms with van der Waals surface area (Å²) in [6.07, 6.45) is -6.69. The zero-order valence-electron chi connectivity index (χ0n) is 14.6. The predicted octanol–water partition coefficient (Wildman–Crippen LogP) is 1.14. The number of carbonyl (C=O) groups is 2. The van der Waals surface area contributed by atoms with Gasteiger partial charge in [-0.2, -0.15) is 0 Å². The van der Waals surface area contributed by atoms with Crippen LogP contribution in [0.15, 0.2) is 17.2 Å². The lowest BCUT2D eigenvalue weighted by atomic mass is 10.1. The highest BCUT2D eigenvalue weighted by atomic mass is 35.5. The third-order valence-corrected chi connectivity index (χ3v) is 4.00. The van der Waals surface area contributed by atoms with Crippen LogP contribution in [0.25, 0.3) is 0 Å². The second-order valence-corrected chi connectivity index (χ2v) is 6.09. The maximum absolute atomic E-state index is 12.7. The minimum atomic E-state index is -5.06. The van der Waals surface area contributed by atoms with E-state index < -0.39 is 40.9 Å². The van der Waals surface area contributed by atoms with Crippen molar-refractivity contribution >= 4 is 35.2 Å². The molecule has 0 saturated carbocycles. The van der Waals surface area contributed by atoms with Gasteiger partial charge in [0.05, 0.1) is 23.8 Å². The Morgan fingerprint density at radius 3 is 2.62 bits per heavy atom. The molecule has 29 heavy (non-hydrogen) atoms. The molecule has 1 fully saturated rings. The number of anilines is 1. The summed E-state index contributed by atoms with van der Waals surface area (Å²) in [5.74, 6) is -1.55. The van der Waals surface area contributed by atoms with Crippen LogP contribution in [0.3, 0.4) is 0 Å². The van der Waals surface area contributed by atoms with E-state index in [-0.39, 0.29) is 24.7 Å². The van der Waals surface area contributed by atoms with Gasteiger partial charge in [-0.1, -0.05) is 11.6 Å². The first-order valence-corrected chi connectivity index (χ1v) is 8.29. The molecule has 1 aromatic rings. The molecule has 0 aliphatic carbocycles. The Bertz CT molecular complexity index is 848. The van der Waals surface area contributed by atoms with Gasteiger partial charge in [0.25, 0.3) is 5.91 Å². The third-order valence-electron chi connectivity index (χ3n) is 3.60. The van der Waals surface area contributed by atoms with E-state index in [4.69, 9.17) is 21.1 Å². The minimum absolute atomic E-state index is 0.0700. The van der Waals surface area contributed by atoms with Crippen LogP contribution in [-0.2, 0) is 9.47 Å². The first-order valence-electron chi connectivity index (χ1n) is 7.91. The second kappa shape index (κ2) is 8.18. The molecule has 158 valence electrons. The summed E-state index contributed by atoms with van der Waals surface area (Å²) in [5, 5.41) is 9.03. The topological polar surface area (TPSA) is 126 Å². The van der Waals surface area contributed by atoms with E-state index in [9.17, 15) is 22.8 Å². The number of hydrogen-bond donors (Lipinski definition) is 4. The molecule has 3 rings (SSSR count). The lowest BCUT2D eigenvalue weighted by Crippen LogP contribution is -2.45. The number of hydrazone groups is 1. The zero-order chi connectivity index (χ0) is 21.2. The number of ether oxygens (including phenoxy) is 3. The number of nitrogens with zero attached hydrogens (tertiary/aromatic N) is 2. The van der Waals surface area contributed by atoms with Crippen LogP contribution in [0.1, 0.15) is 10.4 Å². The van der Waals surface area contributed by atoms with Gasteiger partial charge < -0.3 is 14.2 Å². The number of nitrogens with one attached hydrogen (secondary N) is 4. The Morgan fingerprint density at radius 1 is 1.34 bits per heavy atom. The highest BCUT2D eigenvalue weighted by molar-refractivity contribution is 6.37. The third kappa shape index (κ3) is 5.10. The smallest absolute Gasteiger partial charge is 0.441 e. The molecule has 0 aromatic heterocycles. The van der Waals surface area contributed by atoms with Gasteiger partial charge in [0.1, 0.15) is 5.69 Å². The zero-order valence-corrected chi connectivity index (χ0v) is 15.3. The van der Waals surface area contributed by atoms with Gasteiger partial charge in [-0.25, -0.2) is 10.3 Å². The fourth-order valence-corrected chi connectivity index (χ4v) is 2.48. The van der Waals surface area contributed by atoms with Crippen LogP contribution in [0.2, 0.25) is 5.02 Å². The lowest BCUT2D eigenvalue weighted by molar-refractivity contribution is -0.274. The predicted molar refractivity (Wildman–Crippen MR) is 91.8 cm³/mol. The number of carbonyl (C=O) groups excluding carboxylic acids is 2. The summed E-state index contributed by atoms with van der Waals surface area (Å²) in [6.45, 7) is 0.320. The van der Waals surface area contributed by atoms with Crippen LogP contribution in [-0.4, -0.2) is 55.7 Å². The van der Waals surface area contributed by atoms with Crippen molar-refractivity contribution in [3.63, 3.8) is 0 Å². The molecule has 4 N–H and O–H groups in total. The number of benzene rings is 1. The van der Waals surface area contributed by atoms with Crippen molar-refractivity contribution < 1.29 is 37.0 Å². The van der Waals surface area contributed by atoms with Crippen molar-refractivity contribution in [1.29, 1.82) is 0 Å². The van der Waals surface area contributed by atoms with Crippen LogP contribution >= 0.6 is 11.6 Å². The summed E-state index contributed by atoms with van der Waals surface area (Å²) in [7, 11) is 1.54. The molecular weight excluding hydrogens is 425 g/mol. The van der Waals surface area contributed by atoms with Gasteiger partial charge in [-0.15, -0.1) is 23.8 Å². The number of amides is 2. The van der Waals surface area contributed by atoms with E-state index in [2.05, 4.69) is 31.5 Å². The van der Waals surface area contributed by atoms with Crippen LogP contribution < -0.4 is 26.4 Å². The van der Waals surface area contributed by atoms with Gasteiger partial charge in [0.15, 0.2) is 11.9 Å². The molecular formula is C14H14ClF3N6O5. The molecule has 2 aliphatic rings. The maximum atomic E-state index is 12.7. The van der Waals surface area contributed by atoms with Crippen molar-refractivity contribution in [2.45, 2.75) is 12.5 Å². The van der Waals surface area contributed by atoms with E-state index >= 15 is 0 Å². The van der Waals surface area contributed by atoms with E-state index in [0.717, 1.165) is 12.1 Å². The van der Waals surface area contributed by atoms with Crippen molar-refractivity contribution in [2.24, 2.45) is 5.10 Å². The normalized spacial score (nSPS) is 16.4. The van der Waals surface area contributed by atoms with E-state index in [0.29, 0.717) is 0 Å². The van der Waals surface area contributed by atoms with E-state index in [1.54, 1.807) is 0 Å². The Morgan fingerprint density at radius 2 is 2.07 bits per heavy atom. The molecule has 1 aromatic carbocycles. The van der Waals surface area contributed by atoms with Crippen LogP contribution in [0.5, 0.6) is 5.75 Å². The fourth-order valence-electron chi connectivity index (χ4n) is 2.19. The van der Waals surface area contributed by atoms with E-state index in [1.165, 1.54) is 12.1 Å². The minimum Gasteiger partial charge on any atom is -0.441 e. The van der Waals surface area contributed by atoms with Crippen molar-refractivity contribution in [2.75, 3.05) is 25.6 Å². The summed E-state index contributed by atoms with van der Waals surface area (Å²) in [6, 6.07) is 1.85. The molecule has 0 atom stereocenters. The van der Waals surface area contributed by atoms with Crippen molar-refractivity contribution in [1.82, 2.24) is 21.4 Å². The molecule has 15 heteroatoms. The molecule has 2 aliphatic heterocycles. The first kappa shape index (κ1) is 20.8. The number of halogens is 4. The molecule has 0 radical (unpaired) electrons.